The third kappa shape index (κ3) is 2.74. The maximum atomic E-state index is 5.41. The fourth-order valence-electron chi connectivity index (χ4n) is 3.71. The topological polar surface area (TPSA) is 54.2 Å². The zero-order chi connectivity index (χ0) is 13.4. The lowest BCUT2D eigenvalue weighted by molar-refractivity contribution is 0.131. The van der Waals surface area contributed by atoms with Crippen LogP contribution < -0.4 is 5.32 Å². The van der Waals surface area contributed by atoms with E-state index in [4.69, 9.17) is 4.52 Å². The normalized spacial score (nSPS) is 31.8. The van der Waals surface area contributed by atoms with Crippen LogP contribution in [0.2, 0.25) is 0 Å². The van der Waals surface area contributed by atoms with Gasteiger partial charge in [-0.25, -0.2) is 0 Å². The van der Waals surface area contributed by atoms with E-state index in [0.717, 1.165) is 30.2 Å². The van der Waals surface area contributed by atoms with Gasteiger partial charge in [-0.1, -0.05) is 5.16 Å². The van der Waals surface area contributed by atoms with E-state index in [1.165, 1.54) is 58.2 Å². The highest BCUT2D eigenvalue weighted by Crippen LogP contribution is 2.38. The van der Waals surface area contributed by atoms with E-state index in [-0.39, 0.29) is 0 Å². The van der Waals surface area contributed by atoms with Gasteiger partial charge < -0.3 is 9.84 Å². The van der Waals surface area contributed by atoms with E-state index in [9.17, 15) is 0 Å². The fourth-order valence-corrected chi connectivity index (χ4v) is 3.71. The zero-order valence-electron chi connectivity index (χ0n) is 12.1. The summed E-state index contributed by atoms with van der Waals surface area (Å²) in [7, 11) is 0. The molecule has 3 aliphatic rings. The zero-order valence-corrected chi connectivity index (χ0v) is 12.1. The first-order valence-electron chi connectivity index (χ1n) is 8.17. The first kappa shape index (κ1) is 12.8. The SMILES string of the molecule is C1CNC(C2CCCN(Cc3nc(C4CC4)no3)C2)C1. The molecule has 2 atom stereocenters. The number of aromatic nitrogens is 2. The Hall–Kier alpha value is -0.940. The molecule has 4 rings (SSSR count). The Labute approximate surface area is 120 Å². The third-order valence-corrected chi connectivity index (χ3v) is 4.99. The number of rotatable bonds is 4. The van der Waals surface area contributed by atoms with Gasteiger partial charge in [0.25, 0.3) is 0 Å². The highest BCUT2D eigenvalue weighted by molar-refractivity contribution is 5.03. The fraction of sp³-hybridized carbons (Fsp3) is 0.867. The summed E-state index contributed by atoms with van der Waals surface area (Å²) in [4.78, 5) is 7.05. The molecule has 1 N–H and O–H groups in total. The van der Waals surface area contributed by atoms with Gasteiger partial charge in [-0.05, 0) is 57.5 Å². The molecule has 0 spiro atoms. The lowest BCUT2D eigenvalue weighted by Crippen LogP contribution is -2.43. The molecule has 5 nitrogen and oxygen atoms in total. The van der Waals surface area contributed by atoms with Crippen molar-refractivity contribution >= 4 is 0 Å². The predicted molar refractivity (Wildman–Crippen MR) is 75.3 cm³/mol. The smallest absolute Gasteiger partial charge is 0.240 e. The second-order valence-electron chi connectivity index (χ2n) is 6.66. The molecular weight excluding hydrogens is 252 g/mol. The van der Waals surface area contributed by atoms with Gasteiger partial charge in [0, 0.05) is 18.5 Å². The van der Waals surface area contributed by atoms with E-state index in [1.807, 2.05) is 0 Å². The highest BCUT2D eigenvalue weighted by Gasteiger charge is 2.31. The Bertz CT molecular complexity index is 450. The molecule has 1 aromatic rings. The number of piperidine rings is 1. The molecule has 110 valence electrons. The minimum atomic E-state index is 0.587. The molecule has 1 aliphatic carbocycles. The summed E-state index contributed by atoms with van der Waals surface area (Å²) in [6.45, 7) is 4.39. The summed E-state index contributed by atoms with van der Waals surface area (Å²) in [5.41, 5.74) is 0. The van der Waals surface area contributed by atoms with E-state index in [1.54, 1.807) is 0 Å². The van der Waals surface area contributed by atoms with Crippen molar-refractivity contribution in [1.29, 1.82) is 0 Å². The summed E-state index contributed by atoms with van der Waals surface area (Å²) >= 11 is 0. The van der Waals surface area contributed by atoms with Crippen molar-refractivity contribution in [2.45, 2.75) is 57.0 Å². The molecule has 0 aromatic carbocycles. The second kappa shape index (κ2) is 5.45. The third-order valence-electron chi connectivity index (χ3n) is 4.99. The quantitative estimate of drug-likeness (QED) is 0.910. The van der Waals surface area contributed by atoms with Crippen LogP contribution in [0.5, 0.6) is 0 Å². The van der Waals surface area contributed by atoms with Crippen LogP contribution in [0.1, 0.15) is 56.2 Å². The maximum Gasteiger partial charge on any atom is 0.240 e. The minimum Gasteiger partial charge on any atom is -0.338 e. The number of nitrogens with zero attached hydrogens (tertiary/aromatic N) is 3. The molecule has 2 saturated heterocycles. The van der Waals surface area contributed by atoms with Crippen molar-refractivity contribution in [3.8, 4) is 0 Å². The summed E-state index contributed by atoms with van der Waals surface area (Å²) in [5, 5.41) is 7.78. The van der Waals surface area contributed by atoms with Crippen LogP contribution in [0.25, 0.3) is 0 Å². The molecule has 3 heterocycles. The van der Waals surface area contributed by atoms with Crippen molar-refractivity contribution in [2.24, 2.45) is 5.92 Å². The molecule has 3 fully saturated rings. The van der Waals surface area contributed by atoms with Gasteiger partial charge in [0.15, 0.2) is 5.82 Å². The number of hydrogen-bond donors (Lipinski definition) is 1. The molecule has 1 aromatic heterocycles. The van der Waals surface area contributed by atoms with Crippen LogP contribution in [0, 0.1) is 5.92 Å². The van der Waals surface area contributed by atoms with E-state index >= 15 is 0 Å². The number of likely N-dealkylation sites (tertiary alicyclic amines) is 1. The number of hydrogen-bond acceptors (Lipinski definition) is 5. The molecule has 1 saturated carbocycles. The summed E-state index contributed by atoms with van der Waals surface area (Å²) in [6, 6.07) is 0.738. The highest BCUT2D eigenvalue weighted by atomic mass is 16.5. The minimum absolute atomic E-state index is 0.587. The molecular formula is C15H24N4O. The Morgan fingerprint density at radius 3 is 2.95 bits per heavy atom. The van der Waals surface area contributed by atoms with Crippen LogP contribution >= 0.6 is 0 Å². The average molecular weight is 276 g/mol. The molecule has 0 amide bonds. The Morgan fingerprint density at radius 2 is 2.15 bits per heavy atom. The van der Waals surface area contributed by atoms with Gasteiger partial charge in [0.2, 0.25) is 5.89 Å². The van der Waals surface area contributed by atoms with Gasteiger partial charge in [-0.15, -0.1) is 0 Å². The van der Waals surface area contributed by atoms with Gasteiger partial charge in [-0.3, -0.25) is 4.90 Å². The largest absolute Gasteiger partial charge is 0.338 e. The summed E-state index contributed by atoms with van der Waals surface area (Å²) < 4.78 is 5.41. The van der Waals surface area contributed by atoms with Crippen molar-refractivity contribution < 1.29 is 4.52 Å². The molecule has 20 heavy (non-hydrogen) atoms. The Morgan fingerprint density at radius 1 is 1.20 bits per heavy atom. The van der Waals surface area contributed by atoms with E-state index < -0.39 is 0 Å². The van der Waals surface area contributed by atoms with Crippen molar-refractivity contribution in [2.75, 3.05) is 19.6 Å². The molecule has 2 aliphatic heterocycles. The lowest BCUT2D eigenvalue weighted by atomic mass is 9.90. The Kier molecular flexibility index (Phi) is 3.48. The van der Waals surface area contributed by atoms with Crippen molar-refractivity contribution in [1.82, 2.24) is 20.4 Å². The Balaban J connectivity index is 1.35. The molecule has 0 radical (unpaired) electrons. The predicted octanol–water partition coefficient (Wildman–Crippen LogP) is 1.91. The second-order valence-corrected chi connectivity index (χ2v) is 6.66. The van der Waals surface area contributed by atoms with Gasteiger partial charge >= 0.3 is 0 Å². The van der Waals surface area contributed by atoms with Crippen LogP contribution in [0.3, 0.4) is 0 Å². The molecule has 2 unspecified atom stereocenters. The number of nitrogens with one attached hydrogen (secondary N) is 1. The van der Waals surface area contributed by atoms with E-state index in [2.05, 4.69) is 20.4 Å². The summed E-state index contributed by atoms with van der Waals surface area (Å²) in [5.74, 6) is 3.14. The first-order valence-corrected chi connectivity index (χ1v) is 8.17. The first-order chi connectivity index (χ1) is 9.88. The van der Waals surface area contributed by atoms with Gasteiger partial charge in [0.05, 0.1) is 6.54 Å². The maximum absolute atomic E-state index is 5.41. The van der Waals surface area contributed by atoms with Crippen LogP contribution in [-0.4, -0.2) is 40.7 Å². The van der Waals surface area contributed by atoms with E-state index in [0.29, 0.717) is 5.92 Å². The average Bonchev–Trinajstić information content (AvgIpc) is 3.00. The lowest BCUT2D eigenvalue weighted by Gasteiger charge is -2.35. The van der Waals surface area contributed by atoms with Crippen molar-refractivity contribution in [3.05, 3.63) is 11.7 Å². The monoisotopic (exact) mass is 276 g/mol. The molecule has 5 heteroatoms. The van der Waals surface area contributed by atoms with Crippen LogP contribution in [-0.2, 0) is 6.54 Å². The molecule has 0 bridgehead atoms. The van der Waals surface area contributed by atoms with Crippen molar-refractivity contribution in [3.63, 3.8) is 0 Å². The van der Waals surface area contributed by atoms with Crippen LogP contribution in [0.4, 0.5) is 0 Å². The standard InChI is InChI=1S/C15H24N4O/c1-4-13(16-7-1)12-3-2-8-19(9-12)10-14-17-15(18-20-14)11-5-6-11/h11-13,16H,1-10H2. The van der Waals surface area contributed by atoms with Gasteiger partial charge in [-0.2, -0.15) is 4.98 Å². The summed E-state index contributed by atoms with van der Waals surface area (Å²) in [6.07, 6.45) is 7.83. The van der Waals surface area contributed by atoms with Gasteiger partial charge in [0.1, 0.15) is 0 Å². The van der Waals surface area contributed by atoms with Crippen LogP contribution in [0.15, 0.2) is 4.52 Å².